The quantitative estimate of drug-likeness (QED) is 0.813. The van der Waals surface area contributed by atoms with Crippen molar-refractivity contribution < 1.29 is 9.53 Å². The standard InChI is InChI=1S/C17H25NO2S/c1-17(2,3)20-16(19)18(4)13-8-7-12-10-21-15(11-5-6-11)14(12)9-13/h10-11,13H,5-9H2,1-4H3. The number of hydrogen-bond acceptors (Lipinski definition) is 3. The Labute approximate surface area is 131 Å². The number of amides is 1. The molecule has 4 heteroatoms. The van der Waals surface area contributed by atoms with Crippen LogP contribution < -0.4 is 0 Å². The average Bonchev–Trinajstić information content (AvgIpc) is 3.15. The predicted octanol–water partition coefficient (Wildman–Crippen LogP) is 4.35. The van der Waals surface area contributed by atoms with Crippen LogP contribution in [0.1, 0.15) is 62.0 Å². The van der Waals surface area contributed by atoms with Gasteiger partial charge in [0.15, 0.2) is 0 Å². The topological polar surface area (TPSA) is 29.5 Å². The van der Waals surface area contributed by atoms with Gasteiger partial charge in [-0.1, -0.05) is 0 Å². The molecule has 1 amide bonds. The molecule has 3 rings (SSSR count). The van der Waals surface area contributed by atoms with Crippen molar-refractivity contribution >= 4 is 17.4 Å². The van der Waals surface area contributed by atoms with Crippen LogP contribution in [0.5, 0.6) is 0 Å². The van der Waals surface area contributed by atoms with E-state index in [1.165, 1.54) is 24.0 Å². The van der Waals surface area contributed by atoms with Crippen LogP contribution in [0, 0.1) is 0 Å². The van der Waals surface area contributed by atoms with E-state index in [1.54, 1.807) is 4.88 Å². The highest BCUT2D eigenvalue weighted by Gasteiger charge is 2.34. The maximum Gasteiger partial charge on any atom is 0.410 e. The summed E-state index contributed by atoms with van der Waals surface area (Å²) in [6, 6.07) is 0.277. The molecule has 0 spiro atoms. The van der Waals surface area contributed by atoms with Crippen LogP contribution in [0.3, 0.4) is 0 Å². The molecule has 3 nitrogen and oxygen atoms in total. The molecule has 1 aromatic heterocycles. The molecule has 21 heavy (non-hydrogen) atoms. The fraction of sp³-hybridized carbons (Fsp3) is 0.706. The monoisotopic (exact) mass is 307 g/mol. The lowest BCUT2D eigenvalue weighted by Gasteiger charge is -2.33. The van der Waals surface area contributed by atoms with Gasteiger partial charge in [0.05, 0.1) is 0 Å². The van der Waals surface area contributed by atoms with Gasteiger partial charge in [-0.25, -0.2) is 4.79 Å². The lowest BCUT2D eigenvalue weighted by Crippen LogP contribution is -2.43. The van der Waals surface area contributed by atoms with Crippen LogP contribution in [-0.2, 0) is 17.6 Å². The molecule has 0 aliphatic heterocycles. The Bertz CT molecular complexity index is 539. The van der Waals surface area contributed by atoms with Crippen LogP contribution in [0.25, 0.3) is 0 Å². The molecule has 1 atom stereocenters. The number of aryl methyl sites for hydroxylation is 1. The van der Waals surface area contributed by atoms with Crippen LogP contribution in [0.4, 0.5) is 4.79 Å². The largest absolute Gasteiger partial charge is 0.444 e. The van der Waals surface area contributed by atoms with Gasteiger partial charge in [-0.2, -0.15) is 0 Å². The molecule has 2 aliphatic carbocycles. The summed E-state index contributed by atoms with van der Waals surface area (Å²) in [6.45, 7) is 5.76. The van der Waals surface area contributed by atoms with Gasteiger partial charge in [-0.05, 0) is 75.3 Å². The number of rotatable bonds is 2. The van der Waals surface area contributed by atoms with Crippen LogP contribution in [0.15, 0.2) is 5.38 Å². The summed E-state index contributed by atoms with van der Waals surface area (Å²) in [5, 5.41) is 2.34. The molecule has 0 radical (unpaired) electrons. The third kappa shape index (κ3) is 3.25. The lowest BCUT2D eigenvalue weighted by atomic mass is 9.88. The van der Waals surface area contributed by atoms with E-state index in [1.807, 2.05) is 44.1 Å². The van der Waals surface area contributed by atoms with Crippen molar-refractivity contribution in [3.63, 3.8) is 0 Å². The van der Waals surface area contributed by atoms with E-state index in [0.717, 1.165) is 25.2 Å². The van der Waals surface area contributed by atoms with E-state index in [-0.39, 0.29) is 12.1 Å². The number of fused-ring (bicyclic) bond motifs is 1. The van der Waals surface area contributed by atoms with Crippen molar-refractivity contribution in [1.82, 2.24) is 4.90 Å². The average molecular weight is 307 g/mol. The van der Waals surface area contributed by atoms with Gasteiger partial charge >= 0.3 is 6.09 Å². The summed E-state index contributed by atoms with van der Waals surface area (Å²) in [5.41, 5.74) is 2.64. The molecule has 116 valence electrons. The number of likely N-dealkylation sites (N-methyl/N-ethyl adjacent to an activating group) is 1. The fourth-order valence-electron chi connectivity index (χ4n) is 3.04. The molecule has 0 N–H and O–H groups in total. The van der Waals surface area contributed by atoms with Crippen molar-refractivity contribution in [1.29, 1.82) is 0 Å². The molecule has 1 fully saturated rings. The first-order chi connectivity index (χ1) is 9.85. The molecule has 0 bridgehead atoms. The first-order valence-electron chi connectivity index (χ1n) is 7.90. The van der Waals surface area contributed by atoms with Crippen LogP contribution >= 0.6 is 11.3 Å². The van der Waals surface area contributed by atoms with Crippen LogP contribution in [-0.4, -0.2) is 29.7 Å². The van der Waals surface area contributed by atoms with Crippen molar-refractivity contribution in [2.24, 2.45) is 0 Å². The van der Waals surface area contributed by atoms with Gasteiger partial charge in [0.1, 0.15) is 5.60 Å². The Balaban J connectivity index is 1.70. The van der Waals surface area contributed by atoms with Gasteiger partial charge in [0, 0.05) is 18.0 Å². The van der Waals surface area contributed by atoms with Gasteiger partial charge in [-0.3, -0.25) is 0 Å². The highest BCUT2D eigenvalue weighted by Crippen LogP contribution is 2.47. The summed E-state index contributed by atoms with van der Waals surface area (Å²) in [6.07, 6.45) is 5.64. The molecule has 1 unspecified atom stereocenters. The zero-order chi connectivity index (χ0) is 15.2. The van der Waals surface area contributed by atoms with E-state index in [2.05, 4.69) is 5.38 Å². The second-order valence-corrected chi connectivity index (χ2v) is 8.28. The number of hydrogen-bond donors (Lipinski definition) is 0. The molecule has 2 aliphatic rings. The van der Waals surface area contributed by atoms with Gasteiger partial charge in [-0.15, -0.1) is 11.3 Å². The molecule has 0 saturated heterocycles. The molecule has 0 aromatic carbocycles. The minimum atomic E-state index is -0.424. The molecular formula is C17H25NO2S. The van der Waals surface area contributed by atoms with Gasteiger partial charge < -0.3 is 9.64 Å². The molecule has 1 aromatic rings. The second-order valence-electron chi connectivity index (χ2n) is 7.37. The van der Waals surface area contributed by atoms with Crippen LogP contribution in [0.2, 0.25) is 0 Å². The van der Waals surface area contributed by atoms with Gasteiger partial charge in [0.2, 0.25) is 0 Å². The maximum atomic E-state index is 12.2. The van der Waals surface area contributed by atoms with Crippen molar-refractivity contribution in [2.75, 3.05) is 7.05 Å². The normalized spacial score (nSPS) is 21.8. The minimum Gasteiger partial charge on any atom is -0.444 e. The summed E-state index contributed by atoms with van der Waals surface area (Å²) in [5.74, 6) is 0.810. The Kier molecular flexibility index (Phi) is 3.76. The Morgan fingerprint density at radius 1 is 1.33 bits per heavy atom. The zero-order valence-electron chi connectivity index (χ0n) is 13.4. The van der Waals surface area contributed by atoms with Gasteiger partial charge in [0.25, 0.3) is 0 Å². The number of thiophene rings is 1. The first kappa shape index (κ1) is 14.9. The maximum absolute atomic E-state index is 12.2. The Hall–Kier alpha value is -1.03. The SMILES string of the molecule is CN(C(=O)OC(C)(C)C)C1CCc2csc(C3CC3)c2C1. The van der Waals surface area contributed by atoms with Crippen molar-refractivity contribution in [3.8, 4) is 0 Å². The first-order valence-corrected chi connectivity index (χ1v) is 8.78. The third-order valence-corrected chi connectivity index (χ3v) is 5.61. The minimum absolute atomic E-state index is 0.195. The summed E-state index contributed by atoms with van der Waals surface area (Å²) < 4.78 is 5.50. The molecule has 1 saturated carbocycles. The number of ether oxygens (including phenoxy) is 1. The second kappa shape index (κ2) is 5.31. The Morgan fingerprint density at radius 3 is 2.67 bits per heavy atom. The Morgan fingerprint density at radius 2 is 2.05 bits per heavy atom. The highest BCUT2D eigenvalue weighted by molar-refractivity contribution is 7.10. The van der Waals surface area contributed by atoms with E-state index in [4.69, 9.17) is 4.74 Å². The summed E-state index contributed by atoms with van der Waals surface area (Å²) >= 11 is 1.93. The number of nitrogens with zero attached hydrogens (tertiary/aromatic N) is 1. The smallest absolute Gasteiger partial charge is 0.410 e. The zero-order valence-corrected chi connectivity index (χ0v) is 14.3. The molecular weight excluding hydrogens is 282 g/mol. The van der Waals surface area contributed by atoms with E-state index in [0.29, 0.717) is 0 Å². The van der Waals surface area contributed by atoms with E-state index >= 15 is 0 Å². The van der Waals surface area contributed by atoms with Crippen molar-refractivity contribution in [2.45, 2.75) is 70.4 Å². The summed E-state index contributed by atoms with van der Waals surface area (Å²) in [7, 11) is 1.88. The third-order valence-electron chi connectivity index (χ3n) is 4.38. The number of carbonyl (C=O) groups excluding carboxylic acids is 1. The highest BCUT2D eigenvalue weighted by atomic mass is 32.1. The predicted molar refractivity (Wildman–Crippen MR) is 86.1 cm³/mol. The van der Waals surface area contributed by atoms with Crippen molar-refractivity contribution in [3.05, 3.63) is 21.4 Å². The van der Waals surface area contributed by atoms with E-state index in [9.17, 15) is 4.79 Å². The lowest BCUT2D eigenvalue weighted by molar-refractivity contribution is 0.0210. The fourth-order valence-corrected chi connectivity index (χ4v) is 4.35. The number of carbonyl (C=O) groups is 1. The molecule has 1 heterocycles. The summed E-state index contributed by atoms with van der Waals surface area (Å²) in [4.78, 5) is 15.6. The van der Waals surface area contributed by atoms with E-state index < -0.39 is 5.60 Å².